The third-order valence-corrected chi connectivity index (χ3v) is 22.4. The maximum absolute atomic E-state index is 14.1. The van der Waals surface area contributed by atoms with E-state index in [-0.39, 0.29) is 0 Å². The van der Waals surface area contributed by atoms with Crippen molar-refractivity contribution in [3.63, 3.8) is 0 Å². The Morgan fingerprint density at radius 2 is 0.846 bits per heavy atom. The van der Waals surface area contributed by atoms with Crippen LogP contribution in [0.5, 0.6) is 0 Å². The third kappa shape index (κ3) is 4.36. The summed E-state index contributed by atoms with van der Waals surface area (Å²) < 4.78 is 28.1. The third-order valence-electron chi connectivity index (χ3n) is 4.20. The van der Waals surface area contributed by atoms with Crippen LogP contribution in [-0.4, -0.2) is 10.3 Å². The van der Waals surface area contributed by atoms with Gasteiger partial charge in [0, 0.05) is 20.9 Å². The van der Waals surface area contributed by atoms with Gasteiger partial charge in [0.15, 0.2) is 12.7 Å². The molecule has 2 aromatic rings. The molecule has 0 heterocycles. The topological polar surface area (TPSA) is 34.1 Å². The second kappa shape index (κ2) is 7.92. The van der Waals surface area contributed by atoms with Crippen molar-refractivity contribution in [3.8, 4) is 0 Å². The van der Waals surface area contributed by atoms with Crippen molar-refractivity contribution in [1.29, 1.82) is 0 Å². The van der Waals surface area contributed by atoms with Gasteiger partial charge in [-0.1, -0.05) is 102 Å². The highest BCUT2D eigenvalue weighted by Crippen LogP contribution is 2.81. The first-order chi connectivity index (χ1) is 11.9. The van der Waals surface area contributed by atoms with Gasteiger partial charge in [0.25, 0.3) is 0 Å². The van der Waals surface area contributed by atoms with Crippen LogP contribution in [0, 0.1) is 0 Å². The summed E-state index contributed by atoms with van der Waals surface area (Å²) in [6.45, 7) is 12.0. The van der Waals surface area contributed by atoms with Crippen LogP contribution in [0.25, 0.3) is 0 Å². The molecule has 0 aliphatic rings. The van der Waals surface area contributed by atoms with Gasteiger partial charge in [-0.3, -0.25) is 0 Å². The highest BCUT2D eigenvalue weighted by atomic mass is 33.5. The molecule has 142 valence electrons. The largest absolute Gasteiger partial charge is 0.306 e. The molecule has 26 heavy (non-hydrogen) atoms. The fourth-order valence-corrected chi connectivity index (χ4v) is 21.4. The Bertz CT molecular complexity index is 751. The second-order valence-electron chi connectivity index (χ2n) is 8.26. The van der Waals surface area contributed by atoms with Crippen LogP contribution in [0.4, 0.5) is 0 Å². The Morgan fingerprint density at radius 3 is 1.08 bits per heavy atom. The minimum absolute atomic E-state index is 0.425. The molecule has 2 nitrogen and oxygen atoms in total. The van der Waals surface area contributed by atoms with Gasteiger partial charge in [0.05, 0.1) is 0 Å². The van der Waals surface area contributed by atoms with E-state index in [4.69, 9.17) is 0 Å². The fraction of sp³-hybridized carbons (Fsp3) is 0.400. The van der Waals surface area contributed by atoms with Crippen molar-refractivity contribution >= 4 is 44.1 Å². The molecule has 0 radical (unpaired) electrons. The van der Waals surface area contributed by atoms with Crippen LogP contribution in [0.1, 0.15) is 41.5 Å². The predicted octanol–water partition coefficient (Wildman–Crippen LogP) is 7.17. The van der Waals surface area contributed by atoms with E-state index in [2.05, 4.69) is 0 Å². The van der Waals surface area contributed by atoms with E-state index in [1.54, 1.807) is 0 Å². The van der Waals surface area contributed by atoms with Crippen LogP contribution in [0.15, 0.2) is 60.7 Å². The van der Waals surface area contributed by atoms with Crippen LogP contribution in [-0.2, 0) is 9.13 Å². The van der Waals surface area contributed by atoms with Gasteiger partial charge < -0.3 is 9.13 Å². The summed E-state index contributed by atoms with van der Waals surface area (Å²) in [5, 5.41) is 0.814. The second-order valence-corrected chi connectivity index (χ2v) is 21.1. The lowest BCUT2D eigenvalue weighted by Crippen LogP contribution is -2.22. The van der Waals surface area contributed by atoms with Gasteiger partial charge >= 0.3 is 0 Å². The van der Waals surface area contributed by atoms with E-state index in [1.807, 2.05) is 102 Å². The molecular weight excluding hydrogens is 398 g/mol. The summed E-state index contributed by atoms with van der Waals surface area (Å²) in [5.41, 5.74) is 0. The number of hydrogen-bond donors (Lipinski definition) is 0. The van der Waals surface area contributed by atoms with E-state index < -0.39 is 23.0 Å². The van der Waals surface area contributed by atoms with Crippen molar-refractivity contribution in [2.75, 3.05) is 0 Å². The van der Waals surface area contributed by atoms with E-state index in [9.17, 15) is 9.13 Å². The lowest BCUT2D eigenvalue weighted by Gasteiger charge is -2.35. The molecule has 0 saturated carbocycles. The van der Waals surface area contributed by atoms with Crippen molar-refractivity contribution in [3.05, 3.63) is 60.7 Å². The van der Waals surface area contributed by atoms with Gasteiger partial charge in [0.2, 0.25) is 0 Å². The zero-order chi connectivity index (χ0) is 19.6. The van der Waals surface area contributed by atoms with Gasteiger partial charge in [-0.05, 0) is 20.8 Å². The van der Waals surface area contributed by atoms with E-state index in [1.165, 1.54) is 20.8 Å². The zero-order valence-electron chi connectivity index (χ0n) is 16.3. The summed E-state index contributed by atoms with van der Waals surface area (Å²) >= 11 is 0. The van der Waals surface area contributed by atoms with Gasteiger partial charge in [-0.2, -0.15) is 0 Å². The summed E-state index contributed by atoms with van der Waals surface area (Å²) in [7, 11) is 2.64. The first-order valence-corrected chi connectivity index (χ1v) is 15.4. The lowest BCUT2D eigenvalue weighted by atomic mass is 10.3. The van der Waals surface area contributed by atoms with Crippen LogP contribution in [0.2, 0.25) is 0 Å². The molecule has 0 saturated heterocycles. The number of rotatable bonds is 5. The van der Waals surface area contributed by atoms with E-state index >= 15 is 0 Å². The molecule has 0 amide bonds. The fourth-order valence-electron chi connectivity index (χ4n) is 2.43. The van der Waals surface area contributed by atoms with Crippen molar-refractivity contribution in [2.45, 2.75) is 51.9 Å². The maximum atomic E-state index is 14.1. The summed E-state index contributed by atoms with van der Waals surface area (Å²) in [6, 6.07) is 19.2. The Balaban J connectivity index is 2.47. The minimum Gasteiger partial charge on any atom is -0.306 e. The monoisotopic (exact) mass is 426 g/mol. The van der Waals surface area contributed by atoms with E-state index in [0.29, 0.717) is 0 Å². The van der Waals surface area contributed by atoms with Crippen molar-refractivity contribution in [1.82, 2.24) is 0 Å². The molecule has 0 bridgehead atoms. The van der Waals surface area contributed by atoms with Gasteiger partial charge in [-0.25, -0.2) is 0 Å². The number of hydrogen-bond acceptors (Lipinski definition) is 4. The SMILES string of the molecule is CC(C)(C)P(=O)(SSP(=O)(c1ccccc1)C(C)(C)C)c1ccccc1. The van der Waals surface area contributed by atoms with E-state index in [0.717, 1.165) is 10.6 Å². The maximum Gasteiger partial charge on any atom is 0.182 e. The predicted molar refractivity (Wildman–Crippen MR) is 122 cm³/mol. The highest BCUT2D eigenvalue weighted by Gasteiger charge is 2.45. The molecule has 2 unspecified atom stereocenters. The minimum atomic E-state index is -2.83. The molecule has 2 rings (SSSR count). The molecule has 0 spiro atoms. The molecule has 0 aliphatic carbocycles. The quantitative estimate of drug-likeness (QED) is 0.375. The zero-order valence-corrected chi connectivity index (χ0v) is 19.7. The smallest absolute Gasteiger partial charge is 0.182 e. The van der Waals surface area contributed by atoms with Crippen LogP contribution < -0.4 is 10.6 Å². The first-order valence-electron chi connectivity index (χ1n) is 8.61. The van der Waals surface area contributed by atoms with Gasteiger partial charge in [-0.15, -0.1) is 0 Å². The average Bonchev–Trinajstić information content (AvgIpc) is 2.59. The first kappa shape index (κ1) is 21.9. The molecule has 2 aromatic carbocycles. The van der Waals surface area contributed by atoms with Crippen LogP contribution in [0.3, 0.4) is 0 Å². The Kier molecular flexibility index (Phi) is 6.67. The normalized spacial score (nSPS) is 17.3. The Hall–Kier alpha value is -0.400. The summed E-state index contributed by atoms with van der Waals surface area (Å²) in [5.74, 6) is 0. The average molecular weight is 427 g/mol. The molecule has 0 aromatic heterocycles. The lowest BCUT2D eigenvalue weighted by molar-refractivity contribution is 0.567. The molecule has 0 N–H and O–H groups in total. The standard InChI is InChI=1S/C20H28O2P2S2/c1-19(2,3)23(21,17-13-9-7-10-14-17)25-26-24(22,20(4,5)6)18-15-11-8-12-16-18/h7-16H,1-6H3. The molecule has 6 heteroatoms. The van der Waals surface area contributed by atoms with Crippen LogP contribution >= 0.6 is 33.5 Å². The molecule has 0 fully saturated rings. The Labute approximate surface area is 165 Å². The molecular formula is C20H28O2P2S2. The van der Waals surface area contributed by atoms with Gasteiger partial charge in [0.1, 0.15) is 0 Å². The van der Waals surface area contributed by atoms with Crippen molar-refractivity contribution in [2.24, 2.45) is 0 Å². The summed E-state index contributed by atoms with van der Waals surface area (Å²) in [4.78, 5) is 0. The number of benzene rings is 2. The molecule has 0 aliphatic heterocycles. The summed E-state index contributed by atoms with van der Waals surface area (Å²) in [6.07, 6.45) is -5.67. The molecule has 2 atom stereocenters. The Morgan fingerprint density at radius 1 is 0.577 bits per heavy atom. The highest BCUT2D eigenvalue weighted by molar-refractivity contribution is 9.15. The van der Waals surface area contributed by atoms with Crippen molar-refractivity contribution < 1.29 is 9.13 Å².